The number of nitrogens with zero attached hydrogens (tertiary/aromatic N) is 7. The number of aromatic hydroxyl groups is 1. The fourth-order valence-corrected chi connectivity index (χ4v) is 3.37. The molecule has 1 aliphatic rings. The van der Waals surface area contributed by atoms with Crippen LogP contribution in [0.4, 0.5) is 0 Å². The second kappa shape index (κ2) is 6.59. The molecule has 1 aliphatic carbocycles. The van der Waals surface area contributed by atoms with Crippen LogP contribution in [0.1, 0.15) is 36.6 Å². The van der Waals surface area contributed by atoms with Gasteiger partial charge in [-0.3, -0.25) is 4.68 Å². The quantitative estimate of drug-likeness (QED) is 0.570. The summed E-state index contributed by atoms with van der Waals surface area (Å²) in [6, 6.07) is 8.99. The number of fused-ring (bicyclic) bond motifs is 1. The normalized spacial score (nSPS) is 14.3. The van der Waals surface area contributed by atoms with Crippen molar-refractivity contribution in [1.82, 2.24) is 34.6 Å². The van der Waals surface area contributed by atoms with Crippen molar-refractivity contribution >= 4 is 5.65 Å². The zero-order chi connectivity index (χ0) is 19.1. The lowest BCUT2D eigenvalue weighted by molar-refractivity contribution is 0.263. The van der Waals surface area contributed by atoms with Crippen LogP contribution < -0.4 is 4.74 Å². The maximum absolute atomic E-state index is 10.2. The third-order valence-electron chi connectivity index (χ3n) is 5.22. The number of hydrogen-bond donors (Lipinski definition) is 1. The molecular formula is C19H19N7O2. The highest BCUT2D eigenvalue weighted by Crippen LogP contribution is 2.41. The van der Waals surface area contributed by atoms with E-state index < -0.39 is 0 Å². The fourth-order valence-electron chi connectivity index (χ4n) is 3.37. The standard InChI is InChI=1S/C19H19N7O2/c1-25-17(20-11-21-25)10-28-19-14(12-5-4-6-12)9-16-22-23-18(26(16)24-19)13-7-2-3-8-15(13)27/h2-3,7-9,11-12,27H,4-6,10H2,1H3. The molecule has 1 N–H and O–H groups in total. The van der Waals surface area contributed by atoms with Gasteiger partial charge < -0.3 is 9.84 Å². The molecule has 0 saturated heterocycles. The van der Waals surface area contributed by atoms with Gasteiger partial charge in [0.15, 0.2) is 17.3 Å². The molecule has 4 aromatic rings. The van der Waals surface area contributed by atoms with E-state index in [1.54, 1.807) is 27.4 Å². The molecule has 1 saturated carbocycles. The number of phenols is 1. The Kier molecular flexibility index (Phi) is 3.92. The van der Waals surface area contributed by atoms with Crippen molar-refractivity contribution in [3.63, 3.8) is 0 Å². The molecule has 28 heavy (non-hydrogen) atoms. The van der Waals surface area contributed by atoms with Crippen LogP contribution in [0.25, 0.3) is 17.0 Å². The summed E-state index contributed by atoms with van der Waals surface area (Å²) in [5.41, 5.74) is 2.24. The summed E-state index contributed by atoms with van der Waals surface area (Å²) in [6.07, 6.45) is 4.92. The van der Waals surface area contributed by atoms with E-state index in [-0.39, 0.29) is 12.4 Å². The van der Waals surface area contributed by atoms with Crippen LogP contribution in [-0.4, -0.2) is 39.7 Å². The molecule has 9 heteroatoms. The summed E-state index contributed by atoms with van der Waals surface area (Å²) in [6.45, 7) is 0.267. The number of benzene rings is 1. The maximum atomic E-state index is 10.2. The van der Waals surface area contributed by atoms with Crippen LogP contribution in [0.3, 0.4) is 0 Å². The molecule has 1 fully saturated rings. The number of aryl methyl sites for hydroxylation is 1. The Hall–Kier alpha value is -3.49. The molecule has 1 aromatic carbocycles. The van der Waals surface area contributed by atoms with E-state index in [1.165, 1.54) is 12.7 Å². The molecule has 0 spiro atoms. The van der Waals surface area contributed by atoms with Crippen molar-refractivity contribution in [3.8, 4) is 23.0 Å². The lowest BCUT2D eigenvalue weighted by atomic mass is 9.80. The molecule has 142 valence electrons. The summed E-state index contributed by atoms with van der Waals surface area (Å²) in [4.78, 5) is 4.20. The SMILES string of the molecule is Cn1ncnc1COc1nn2c(-c3ccccc3O)nnc2cc1C1CCC1. The predicted molar refractivity (Wildman–Crippen MR) is 99.8 cm³/mol. The molecule has 0 radical (unpaired) electrons. The largest absolute Gasteiger partial charge is 0.507 e. The van der Waals surface area contributed by atoms with Gasteiger partial charge in [-0.25, -0.2) is 4.98 Å². The van der Waals surface area contributed by atoms with Gasteiger partial charge in [-0.05, 0) is 37.0 Å². The molecule has 3 aromatic heterocycles. The van der Waals surface area contributed by atoms with E-state index in [2.05, 4.69) is 25.4 Å². The van der Waals surface area contributed by atoms with E-state index in [9.17, 15) is 5.11 Å². The van der Waals surface area contributed by atoms with Crippen LogP contribution >= 0.6 is 0 Å². The number of rotatable bonds is 5. The summed E-state index contributed by atoms with van der Waals surface area (Å²) < 4.78 is 9.33. The van der Waals surface area contributed by atoms with E-state index in [4.69, 9.17) is 4.74 Å². The van der Waals surface area contributed by atoms with Crippen LogP contribution in [0.15, 0.2) is 36.7 Å². The van der Waals surface area contributed by atoms with Crippen LogP contribution in [0.5, 0.6) is 11.6 Å². The summed E-state index contributed by atoms with van der Waals surface area (Å²) in [7, 11) is 1.82. The van der Waals surface area contributed by atoms with E-state index in [0.717, 1.165) is 18.4 Å². The first kappa shape index (κ1) is 16.7. The van der Waals surface area contributed by atoms with Gasteiger partial charge in [-0.2, -0.15) is 9.61 Å². The third-order valence-corrected chi connectivity index (χ3v) is 5.22. The minimum atomic E-state index is 0.128. The van der Waals surface area contributed by atoms with Gasteiger partial charge in [-0.15, -0.1) is 15.3 Å². The lowest BCUT2D eigenvalue weighted by Gasteiger charge is -2.26. The number of aromatic nitrogens is 7. The molecule has 3 heterocycles. The molecule has 0 unspecified atom stereocenters. The van der Waals surface area contributed by atoms with Crippen molar-refractivity contribution in [2.24, 2.45) is 7.05 Å². The molecule has 5 rings (SSSR count). The Morgan fingerprint density at radius 2 is 2.07 bits per heavy atom. The average molecular weight is 377 g/mol. The first-order valence-corrected chi connectivity index (χ1v) is 9.21. The Balaban J connectivity index is 1.58. The van der Waals surface area contributed by atoms with E-state index >= 15 is 0 Å². The van der Waals surface area contributed by atoms with Crippen molar-refractivity contribution < 1.29 is 9.84 Å². The summed E-state index contributed by atoms with van der Waals surface area (Å²) >= 11 is 0. The van der Waals surface area contributed by atoms with Crippen molar-refractivity contribution in [2.75, 3.05) is 0 Å². The van der Waals surface area contributed by atoms with Gasteiger partial charge in [0.1, 0.15) is 18.7 Å². The Morgan fingerprint density at radius 3 is 2.79 bits per heavy atom. The zero-order valence-corrected chi connectivity index (χ0v) is 15.4. The van der Waals surface area contributed by atoms with Gasteiger partial charge in [0.05, 0.1) is 5.56 Å². The van der Waals surface area contributed by atoms with Crippen LogP contribution in [-0.2, 0) is 13.7 Å². The van der Waals surface area contributed by atoms with Crippen molar-refractivity contribution in [1.29, 1.82) is 0 Å². The van der Waals surface area contributed by atoms with E-state index in [1.807, 2.05) is 19.2 Å². The van der Waals surface area contributed by atoms with Gasteiger partial charge in [0.2, 0.25) is 5.88 Å². The topological polar surface area (TPSA) is 103 Å². The Morgan fingerprint density at radius 1 is 1.21 bits per heavy atom. The molecular weight excluding hydrogens is 358 g/mol. The molecule has 0 aliphatic heterocycles. The molecule has 0 amide bonds. The van der Waals surface area contributed by atoms with Gasteiger partial charge in [0.25, 0.3) is 0 Å². The first-order valence-electron chi connectivity index (χ1n) is 9.21. The first-order chi connectivity index (χ1) is 13.7. The lowest BCUT2D eigenvalue weighted by Crippen LogP contribution is -2.14. The van der Waals surface area contributed by atoms with Crippen molar-refractivity contribution in [2.45, 2.75) is 31.8 Å². The summed E-state index contributed by atoms with van der Waals surface area (Å²) in [5, 5.41) is 27.5. The minimum absolute atomic E-state index is 0.128. The van der Waals surface area contributed by atoms with Gasteiger partial charge in [-0.1, -0.05) is 18.6 Å². The number of hydrogen-bond acceptors (Lipinski definition) is 7. The second-order valence-electron chi connectivity index (χ2n) is 6.93. The highest BCUT2D eigenvalue weighted by atomic mass is 16.5. The smallest absolute Gasteiger partial charge is 0.235 e. The Bertz CT molecular complexity index is 1150. The average Bonchev–Trinajstić information content (AvgIpc) is 3.24. The molecule has 9 nitrogen and oxygen atoms in total. The highest BCUT2D eigenvalue weighted by Gasteiger charge is 2.26. The molecule has 0 bridgehead atoms. The second-order valence-corrected chi connectivity index (χ2v) is 6.93. The number of phenolic OH excluding ortho intramolecular Hbond substituents is 1. The maximum Gasteiger partial charge on any atom is 0.235 e. The van der Waals surface area contributed by atoms with Gasteiger partial charge >= 0.3 is 0 Å². The summed E-state index contributed by atoms with van der Waals surface area (Å²) in [5.74, 6) is 2.26. The van der Waals surface area contributed by atoms with E-state index in [0.29, 0.717) is 34.7 Å². The number of para-hydroxylation sites is 1. The zero-order valence-electron chi connectivity index (χ0n) is 15.4. The highest BCUT2D eigenvalue weighted by molar-refractivity contribution is 5.66. The minimum Gasteiger partial charge on any atom is -0.507 e. The Labute approximate surface area is 160 Å². The predicted octanol–water partition coefficient (Wildman–Crippen LogP) is 2.47. The van der Waals surface area contributed by atoms with Crippen LogP contribution in [0.2, 0.25) is 0 Å². The van der Waals surface area contributed by atoms with Crippen molar-refractivity contribution in [3.05, 3.63) is 48.0 Å². The fraction of sp³-hybridized carbons (Fsp3) is 0.316. The monoisotopic (exact) mass is 377 g/mol. The van der Waals surface area contributed by atoms with Gasteiger partial charge in [0, 0.05) is 12.6 Å². The van der Waals surface area contributed by atoms with Crippen LogP contribution in [0, 0.1) is 0 Å². The number of ether oxygens (including phenoxy) is 1. The molecule has 0 atom stereocenters. The third kappa shape index (κ3) is 2.75.